The number of hydrogen-bond donors (Lipinski definition) is 1. The molecule has 2 rings (SSSR count). The minimum absolute atomic E-state index is 0.247. The van der Waals surface area contributed by atoms with Crippen molar-refractivity contribution in [3.63, 3.8) is 0 Å². The molecule has 0 radical (unpaired) electrons. The highest BCUT2D eigenvalue weighted by atomic mass is 35.5. The molecule has 0 saturated heterocycles. The van der Waals surface area contributed by atoms with Crippen molar-refractivity contribution in [2.75, 3.05) is 0 Å². The Morgan fingerprint density at radius 3 is 2.85 bits per heavy atom. The Balaban J connectivity index is 2.05. The normalized spacial score (nSPS) is 11.1. The highest BCUT2D eigenvalue weighted by Gasteiger charge is 2.08. The van der Waals surface area contributed by atoms with E-state index in [2.05, 4.69) is 29.3 Å². The molecular formula is C14H18ClN3O2. The van der Waals surface area contributed by atoms with E-state index in [-0.39, 0.29) is 6.61 Å². The van der Waals surface area contributed by atoms with E-state index in [1.165, 1.54) is 0 Å². The largest absolute Gasteiger partial charge is 0.483 e. The molecule has 0 aliphatic carbocycles. The van der Waals surface area contributed by atoms with E-state index in [1.807, 2.05) is 12.1 Å². The lowest BCUT2D eigenvalue weighted by Gasteiger charge is -2.13. The summed E-state index contributed by atoms with van der Waals surface area (Å²) >= 11 is 6.03. The second-order valence-corrected chi connectivity index (χ2v) is 5.25. The van der Waals surface area contributed by atoms with Gasteiger partial charge in [-0.1, -0.05) is 30.6 Å². The third-order valence-electron chi connectivity index (χ3n) is 2.64. The van der Waals surface area contributed by atoms with Crippen molar-refractivity contribution < 1.29 is 9.26 Å². The molecule has 1 heterocycles. The summed E-state index contributed by atoms with van der Waals surface area (Å²) in [5.41, 5.74) is 1.00. The molecule has 1 N–H and O–H groups in total. The minimum atomic E-state index is 0.247. The van der Waals surface area contributed by atoms with E-state index >= 15 is 0 Å². The molecular weight excluding hydrogens is 278 g/mol. The average molecular weight is 296 g/mol. The van der Waals surface area contributed by atoms with Crippen molar-refractivity contribution in [2.45, 2.75) is 40.0 Å². The maximum Gasteiger partial charge on any atom is 0.264 e. The van der Waals surface area contributed by atoms with Gasteiger partial charge in [-0.25, -0.2) is 0 Å². The van der Waals surface area contributed by atoms with Crippen molar-refractivity contribution in [1.29, 1.82) is 0 Å². The van der Waals surface area contributed by atoms with Gasteiger partial charge < -0.3 is 14.6 Å². The van der Waals surface area contributed by atoms with Crippen LogP contribution in [0.15, 0.2) is 22.7 Å². The number of nitrogens with zero attached hydrogens (tertiary/aromatic N) is 2. The van der Waals surface area contributed by atoms with Crippen LogP contribution in [0.1, 0.15) is 31.1 Å². The van der Waals surface area contributed by atoms with E-state index in [4.69, 9.17) is 20.9 Å². The lowest BCUT2D eigenvalue weighted by molar-refractivity contribution is 0.240. The third-order valence-corrected chi connectivity index (χ3v) is 2.88. The first-order valence-electron chi connectivity index (χ1n) is 6.48. The Hall–Kier alpha value is -1.59. The molecule has 0 unspecified atom stereocenters. The Morgan fingerprint density at radius 1 is 1.40 bits per heavy atom. The summed E-state index contributed by atoms with van der Waals surface area (Å²) < 4.78 is 10.7. The maximum atomic E-state index is 6.03. The molecule has 0 spiro atoms. The summed E-state index contributed by atoms with van der Waals surface area (Å²) in [6.45, 7) is 6.89. The summed E-state index contributed by atoms with van der Waals surface area (Å²) in [5, 5.41) is 7.75. The van der Waals surface area contributed by atoms with Gasteiger partial charge >= 0.3 is 0 Å². The maximum absolute atomic E-state index is 6.03. The smallest absolute Gasteiger partial charge is 0.264 e. The molecule has 108 valence electrons. The summed E-state index contributed by atoms with van der Waals surface area (Å²) in [7, 11) is 0. The van der Waals surface area contributed by atoms with Gasteiger partial charge in [0.1, 0.15) is 5.75 Å². The zero-order valence-corrected chi connectivity index (χ0v) is 12.6. The standard InChI is InChI=1S/C14H18ClN3O2/c1-9(2)16-7-11-6-12(15)4-5-13(11)19-8-14-17-10(3)18-20-14/h4-6,9,16H,7-8H2,1-3H3. The van der Waals surface area contributed by atoms with Crippen LogP contribution in [0.2, 0.25) is 5.02 Å². The number of hydrogen-bond acceptors (Lipinski definition) is 5. The van der Waals surface area contributed by atoms with Gasteiger partial charge in [0.2, 0.25) is 0 Å². The predicted molar refractivity (Wildman–Crippen MR) is 76.8 cm³/mol. The third kappa shape index (κ3) is 4.21. The number of nitrogens with one attached hydrogen (secondary N) is 1. The molecule has 0 amide bonds. The Bertz CT molecular complexity index is 569. The minimum Gasteiger partial charge on any atom is -0.483 e. The molecule has 0 aliphatic heterocycles. The van der Waals surface area contributed by atoms with E-state index in [1.54, 1.807) is 13.0 Å². The first kappa shape index (κ1) is 14.8. The Morgan fingerprint density at radius 2 is 2.20 bits per heavy atom. The first-order chi connectivity index (χ1) is 9.54. The fraction of sp³-hybridized carbons (Fsp3) is 0.429. The van der Waals surface area contributed by atoms with E-state index in [0.717, 1.165) is 11.3 Å². The second-order valence-electron chi connectivity index (χ2n) is 4.81. The quantitative estimate of drug-likeness (QED) is 0.887. The van der Waals surface area contributed by atoms with Crippen molar-refractivity contribution in [2.24, 2.45) is 0 Å². The molecule has 2 aromatic rings. The Kier molecular flexibility index (Phi) is 4.98. The number of aromatic nitrogens is 2. The van der Waals surface area contributed by atoms with Crippen LogP contribution in [0.5, 0.6) is 5.75 Å². The van der Waals surface area contributed by atoms with Crippen LogP contribution in [0, 0.1) is 6.92 Å². The van der Waals surface area contributed by atoms with Gasteiger partial charge in [-0.05, 0) is 25.1 Å². The van der Waals surface area contributed by atoms with Crippen LogP contribution in [0.25, 0.3) is 0 Å². The number of rotatable bonds is 6. The topological polar surface area (TPSA) is 60.2 Å². The number of benzene rings is 1. The molecule has 0 atom stereocenters. The van der Waals surface area contributed by atoms with Gasteiger partial charge in [0.25, 0.3) is 5.89 Å². The lowest BCUT2D eigenvalue weighted by atomic mass is 10.2. The molecule has 6 heteroatoms. The van der Waals surface area contributed by atoms with Gasteiger partial charge in [-0.15, -0.1) is 0 Å². The summed E-state index contributed by atoms with van der Waals surface area (Å²) in [4.78, 5) is 4.10. The fourth-order valence-electron chi connectivity index (χ4n) is 1.68. The fourth-order valence-corrected chi connectivity index (χ4v) is 1.87. The monoisotopic (exact) mass is 295 g/mol. The van der Waals surface area contributed by atoms with Crippen molar-refractivity contribution in [1.82, 2.24) is 15.5 Å². The molecule has 20 heavy (non-hydrogen) atoms. The van der Waals surface area contributed by atoms with E-state index in [0.29, 0.717) is 29.3 Å². The van der Waals surface area contributed by atoms with Crippen molar-refractivity contribution in [3.8, 4) is 5.75 Å². The molecule has 1 aromatic heterocycles. The van der Waals surface area contributed by atoms with Crippen molar-refractivity contribution in [3.05, 3.63) is 40.5 Å². The second kappa shape index (κ2) is 6.72. The molecule has 0 fully saturated rings. The molecule has 0 aliphatic rings. The van der Waals surface area contributed by atoms with E-state index < -0.39 is 0 Å². The zero-order valence-electron chi connectivity index (χ0n) is 11.8. The van der Waals surface area contributed by atoms with Crippen LogP contribution in [-0.2, 0) is 13.2 Å². The van der Waals surface area contributed by atoms with Crippen molar-refractivity contribution >= 4 is 11.6 Å². The van der Waals surface area contributed by atoms with Gasteiger partial charge in [0, 0.05) is 23.2 Å². The highest BCUT2D eigenvalue weighted by Crippen LogP contribution is 2.23. The number of halogens is 1. The first-order valence-corrected chi connectivity index (χ1v) is 6.86. The van der Waals surface area contributed by atoms with Gasteiger partial charge in [0.05, 0.1) is 0 Å². The Labute approximate surface area is 123 Å². The van der Waals surface area contributed by atoms with Crippen LogP contribution >= 0.6 is 11.6 Å². The summed E-state index contributed by atoms with van der Waals surface area (Å²) in [5.74, 6) is 1.82. The zero-order chi connectivity index (χ0) is 14.5. The van der Waals surface area contributed by atoms with Gasteiger partial charge in [0.15, 0.2) is 12.4 Å². The van der Waals surface area contributed by atoms with E-state index in [9.17, 15) is 0 Å². The summed E-state index contributed by atoms with van der Waals surface area (Å²) in [6.07, 6.45) is 0. The van der Waals surface area contributed by atoms with Crippen LogP contribution in [-0.4, -0.2) is 16.2 Å². The predicted octanol–water partition coefficient (Wildman–Crippen LogP) is 3.11. The lowest BCUT2D eigenvalue weighted by Crippen LogP contribution is -2.22. The molecule has 1 aromatic carbocycles. The highest BCUT2D eigenvalue weighted by molar-refractivity contribution is 6.30. The summed E-state index contributed by atoms with van der Waals surface area (Å²) in [6, 6.07) is 5.93. The SMILES string of the molecule is Cc1noc(COc2ccc(Cl)cc2CNC(C)C)n1. The molecule has 0 bridgehead atoms. The van der Waals surface area contributed by atoms with Gasteiger partial charge in [-0.3, -0.25) is 0 Å². The van der Waals surface area contributed by atoms with Crippen LogP contribution in [0.4, 0.5) is 0 Å². The van der Waals surface area contributed by atoms with Gasteiger partial charge in [-0.2, -0.15) is 4.98 Å². The molecule has 0 saturated carbocycles. The number of ether oxygens (including phenoxy) is 1. The van der Waals surface area contributed by atoms with Crippen LogP contribution in [0.3, 0.4) is 0 Å². The average Bonchev–Trinajstić information content (AvgIpc) is 2.81. The number of aryl methyl sites for hydroxylation is 1. The van der Waals surface area contributed by atoms with Crippen LogP contribution < -0.4 is 10.1 Å². The molecule has 5 nitrogen and oxygen atoms in total.